The van der Waals surface area contributed by atoms with Gasteiger partial charge in [0.2, 0.25) is 11.8 Å². The molecule has 0 bridgehead atoms. The van der Waals surface area contributed by atoms with E-state index >= 15 is 0 Å². The largest absolute Gasteiger partial charge is 0.352 e. The van der Waals surface area contributed by atoms with Crippen LogP contribution < -0.4 is 5.32 Å². The summed E-state index contributed by atoms with van der Waals surface area (Å²) in [5, 5.41) is 2.95. The molecule has 0 saturated carbocycles. The lowest BCUT2D eigenvalue weighted by atomic mass is 10.1. The summed E-state index contributed by atoms with van der Waals surface area (Å²) < 4.78 is 13.2. The number of carbonyl (C=O) groups excluding carboxylic acids is 2. The quantitative estimate of drug-likeness (QED) is 0.522. The molecule has 0 spiro atoms. The first-order valence-corrected chi connectivity index (χ1v) is 11.5. The standard InChI is InChI=1S/C24H31FN2O2S/c1-4-18(2)26-24(29)19(3)27(16-20-10-12-22(25)13-11-20)23(28)14-15-30-17-21-8-6-5-7-9-21/h5-13,18-19H,4,14-17H2,1-3H3,(H,26,29)/t18-,19-/m1/s1. The number of rotatable bonds is 11. The van der Waals surface area contributed by atoms with Gasteiger partial charge in [-0.3, -0.25) is 9.59 Å². The highest BCUT2D eigenvalue weighted by Gasteiger charge is 2.26. The average molecular weight is 431 g/mol. The number of hydrogen-bond donors (Lipinski definition) is 1. The minimum atomic E-state index is -0.601. The van der Waals surface area contributed by atoms with Crippen LogP contribution in [0.3, 0.4) is 0 Å². The summed E-state index contributed by atoms with van der Waals surface area (Å²) in [6, 6.07) is 15.6. The van der Waals surface area contributed by atoms with Crippen LogP contribution in [0.2, 0.25) is 0 Å². The molecule has 2 atom stereocenters. The second kappa shape index (κ2) is 12.4. The van der Waals surface area contributed by atoms with Crippen molar-refractivity contribution in [2.24, 2.45) is 0 Å². The Kier molecular flexibility index (Phi) is 9.87. The van der Waals surface area contributed by atoms with Gasteiger partial charge in [0.05, 0.1) is 0 Å². The molecule has 2 aromatic carbocycles. The van der Waals surface area contributed by atoms with Crippen molar-refractivity contribution in [2.75, 3.05) is 5.75 Å². The van der Waals surface area contributed by atoms with Gasteiger partial charge in [0.15, 0.2) is 0 Å². The molecule has 30 heavy (non-hydrogen) atoms. The monoisotopic (exact) mass is 430 g/mol. The maximum atomic E-state index is 13.2. The lowest BCUT2D eigenvalue weighted by Gasteiger charge is -2.29. The normalized spacial score (nSPS) is 12.8. The molecule has 2 rings (SSSR count). The molecule has 0 fully saturated rings. The van der Waals surface area contributed by atoms with Gasteiger partial charge in [0.25, 0.3) is 0 Å². The van der Waals surface area contributed by atoms with Crippen molar-refractivity contribution in [3.63, 3.8) is 0 Å². The zero-order valence-corrected chi connectivity index (χ0v) is 18.8. The molecule has 0 aliphatic heterocycles. The third-order valence-electron chi connectivity index (χ3n) is 5.01. The summed E-state index contributed by atoms with van der Waals surface area (Å²) in [6.07, 6.45) is 1.17. The van der Waals surface area contributed by atoms with Crippen molar-refractivity contribution in [1.82, 2.24) is 10.2 Å². The highest BCUT2D eigenvalue weighted by Crippen LogP contribution is 2.16. The fraction of sp³-hybridized carbons (Fsp3) is 0.417. The van der Waals surface area contributed by atoms with Gasteiger partial charge < -0.3 is 10.2 Å². The average Bonchev–Trinajstić information content (AvgIpc) is 2.76. The Morgan fingerprint density at radius 2 is 1.70 bits per heavy atom. The van der Waals surface area contributed by atoms with Crippen LogP contribution in [0, 0.1) is 5.82 Å². The molecule has 0 radical (unpaired) electrons. The molecule has 6 heteroatoms. The number of amides is 2. The molecule has 0 aliphatic rings. The highest BCUT2D eigenvalue weighted by molar-refractivity contribution is 7.98. The second-order valence-corrected chi connectivity index (χ2v) is 8.54. The minimum absolute atomic E-state index is 0.0455. The van der Waals surface area contributed by atoms with E-state index in [4.69, 9.17) is 0 Å². The van der Waals surface area contributed by atoms with Crippen molar-refractivity contribution in [2.45, 2.75) is 58.0 Å². The number of carbonyl (C=O) groups is 2. The number of hydrogen-bond acceptors (Lipinski definition) is 3. The Morgan fingerprint density at radius 1 is 1.03 bits per heavy atom. The van der Waals surface area contributed by atoms with Gasteiger partial charge in [-0.05, 0) is 43.5 Å². The fourth-order valence-electron chi connectivity index (χ4n) is 2.90. The molecular formula is C24H31FN2O2S. The van der Waals surface area contributed by atoms with E-state index in [0.29, 0.717) is 12.2 Å². The number of benzene rings is 2. The summed E-state index contributed by atoms with van der Waals surface area (Å²) in [6.45, 7) is 5.96. The highest BCUT2D eigenvalue weighted by atomic mass is 32.2. The van der Waals surface area contributed by atoms with E-state index in [9.17, 15) is 14.0 Å². The van der Waals surface area contributed by atoms with Crippen LogP contribution in [0.1, 0.15) is 44.7 Å². The predicted octanol–water partition coefficient (Wildman–Crippen LogP) is 4.78. The molecule has 2 amide bonds. The van der Waals surface area contributed by atoms with Crippen LogP contribution in [0.15, 0.2) is 54.6 Å². The van der Waals surface area contributed by atoms with Gasteiger partial charge >= 0.3 is 0 Å². The Labute approximate surface area is 183 Å². The van der Waals surface area contributed by atoms with Crippen LogP contribution in [-0.4, -0.2) is 34.6 Å². The Bertz CT molecular complexity index is 799. The van der Waals surface area contributed by atoms with Crippen LogP contribution in [0.4, 0.5) is 4.39 Å². The first kappa shape index (κ1) is 23.9. The Balaban J connectivity index is 2.00. The first-order valence-electron chi connectivity index (χ1n) is 10.4. The lowest BCUT2D eigenvalue weighted by Crippen LogP contribution is -2.49. The predicted molar refractivity (Wildman–Crippen MR) is 122 cm³/mol. The van der Waals surface area contributed by atoms with Gasteiger partial charge in [0, 0.05) is 30.5 Å². The molecular weight excluding hydrogens is 399 g/mol. The Hall–Kier alpha value is -2.34. The molecule has 0 aliphatic carbocycles. The maximum absolute atomic E-state index is 13.2. The van der Waals surface area contributed by atoms with Crippen LogP contribution in [0.25, 0.3) is 0 Å². The van der Waals surface area contributed by atoms with E-state index in [2.05, 4.69) is 17.4 Å². The summed E-state index contributed by atoms with van der Waals surface area (Å²) >= 11 is 1.70. The van der Waals surface area contributed by atoms with Crippen LogP contribution in [0.5, 0.6) is 0 Å². The molecule has 0 saturated heterocycles. The second-order valence-electron chi connectivity index (χ2n) is 7.43. The zero-order chi connectivity index (χ0) is 21.9. The van der Waals surface area contributed by atoms with Crippen LogP contribution >= 0.6 is 11.8 Å². The van der Waals surface area contributed by atoms with Crippen molar-refractivity contribution < 1.29 is 14.0 Å². The van der Waals surface area contributed by atoms with Crippen molar-refractivity contribution in [3.05, 3.63) is 71.5 Å². The molecule has 0 unspecified atom stereocenters. The van der Waals surface area contributed by atoms with Gasteiger partial charge in [-0.25, -0.2) is 4.39 Å². The topological polar surface area (TPSA) is 49.4 Å². The Morgan fingerprint density at radius 3 is 2.33 bits per heavy atom. The first-order chi connectivity index (χ1) is 14.4. The van der Waals surface area contributed by atoms with Gasteiger partial charge in [0.1, 0.15) is 11.9 Å². The molecule has 162 valence electrons. The number of nitrogens with zero attached hydrogens (tertiary/aromatic N) is 1. The molecule has 0 heterocycles. The van der Waals surface area contributed by atoms with Crippen LogP contribution in [-0.2, 0) is 21.9 Å². The van der Waals surface area contributed by atoms with E-state index in [1.54, 1.807) is 35.7 Å². The van der Waals surface area contributed by atoms with E-state index in [1.807, 2.05) is 32.0 Å². The smallest absolute Gasteiger partial charge is 0.242 e. The number of thioether (sulfide) groups is 1. The molecule has 0 aromatic heterocycles. The number of nitrogens with one attached hydrogen (secondary N) is 1. The van der Waals surface area contributed by atoms with E-state index < -0.39 is 6.04 Å². The molecule has 2 aromatic rings. The SMILES string of the molecule is CC[C@@H](C)NC(=O)[C@@H](C)N(Cc1ccc(F)cc1)C(=O)CCSCc1ccccc1. The van der Waals surface area contributed by atoms with E-state index in [1.165, 1.54) is 17.7 Å². The van der Waals surface area contributed by atoms with Crippen molar-refractivity contribution >= 4 is 23.6 Å². The zero-order valence-electron chi connectivity index (χ0n) is 17.9. The summed E-state index contributed by atoms with van der Waals surface area (Å²) in [5.41, 5.74) is 2.02. The van der Waals surface area contributed by atoms with E-state index in [-0.39, 0.29) is 30.2 Å². The lowest BCUT2D eigenvalue weighted by molar-refractivity contribution is -0.140. The third-order valence-corrected chi connectivity index (χ3v) is 6.04. The van der Waals surface area contributed by atoms with Crippen molar-refractivity contribution in [1.29, 1.82) is 0 Å². The van der Waals surface area contributed by atoms with Crippen molar-refractivity contribution in [3.8, 4) is 0 Å². The summed E-state index contributed by atoms with van der Waals surface area (Å²) in [5.74, 6) is 0.948. The number of halogens is 1. The summed E-state index contributed by atoms with van der Waals surface area (Å²) in [7, 11) is 0. The van der Waals surface area contributed by atoms with Gasteiger partial charge in [-0.2, -0.15) is 11.8 Å². The van der Waals surface area contributed by atoms with E-state index in [0.717, 1.165) is 17.7 Å². The minimum Gasteiger partial charge on any atom is -0.352 e. The third kappa shape index (κ3) is 7.82. The van der Waals surface area contributed by atoms with Gasteiger partial charge in [-0.15, -0.1) is 0 Å². The van der Waals surface area contributed by atoms with Gasteiger partial charge in [-0.1, -0.05) is 49.4 Å². The summed E-state index contributed by atoms with van der Waals surface area (Å²) in [4.78, 5) is 27.2. The molecule has 1 N–H and O–H groups in total. The fourth-order valence-corrected chi connectivity index (χ4v) is 3.79. The maximum Gasteiger partial charge on any atom is 0.242 e. The molecule has 4 nitrogen and oxygen atoms in total.